The highest BCUT2D eigenvalue weighted by molar-refractivity contribution is 4.99. The lowest BCUT2D eigenvalue weighted by molar-refractivity contribution is -0.392. The predicted octanol–water partition coefficient (Wildman–Crippen LogP) is 18.4. The molecule has 0 amide bonds. The smallest absolute Gasteiger partial charge is 0.185 e. The van der Waals surface area contributed by atoms with Crippen molar-refractivity contribution in [2.24, 2.45) is 124 Å². The Kier molecular flexibility index (Phi) is 36.7. The fraction of sp³-hybridized carbons (Fsp3) is 1.00. The Balaban J connectivity index is 0.000000261. The van der Waals surface area contributed by atoms with Crippen LogP contribution in [0.5, 0.6) is 0 Å². The maximum absolute atomic E-state index is 11.3. The summed E-state index contributed by atoms with van der Waals surface area (Å²) in [5.41, 5.74) is 0. The highest BCUT2D eigenvalue weighted by Gasteiger charge is 2.58. The molecular weight excluding hydrogens is 1450 g/mol. The first-order chi connectivity index (χ1) is 54.1. The molecule has 21 heteroatoms. The molecule has 0 aromatic heterocycles. The third kappa shape index (κ3) is 20.7. The Morgan fingerprint density at radius 2 is 0.333 bits per heavy atom. The number of hydrogen-bond acceptors (Lipinski definition) is 21. The molecule has 10 saturated heterocycles. The summed E-state index contributed by atoms with van der Waals surface area (Å²) in [6.45, 7) is 68.7. The molecule has 114 heavy (non-hydrogen) atoms. The van der Waals surface area contributed by atoms with E-state index in [0.717, 1.165) is 64.2 Å². The Hall–Kier alpha value is -0.840. The van der Waals surface area contributed by atoms with Crippen molar-refractivity contribution in [3.63, 3.8) is 0 Å². The van der Waals surface area contributed by atoms with E-state index in [0.29, 0.717) is 17.8 Å². The zero-order valence-electron chi connectivity index (χ0n) is 77.6. The van der Waals surface area contributed by atoms with Gasteiger partial charge in [0, 0.05) is 55.6 Å². The Morgan fingerprint density at radius 3 is 0.553 bits per heavy atom. The van der Waals surface area contributed by atoms with Crippen molar-refractivity contribution in [1.82, 2.24) is 0 Å². The average molecular weight is 1620 g/mol. The van der Waals surface area contributed by atoms with E-state index in [9.17, 15) is 5.11 Å². The van der Waals surface area contributed by atoms with Crippen molar-refractivity contribution < 1.29 is 99.8 Å². The van der Waals surface area contributed by atoms with Gasteiger partial charge in [0.15, 0.2) is 62.9 Å². The van der Waals surface area contributed by atoms with E-state index in [1.165, 1.54) is 0 Å². The minimum Gasteiger partial charge on any atom is -0.392 e. The molecule has 0 saturated carbocycles. The van der Waals surface area contributed by atoms with E-state index in [2.05, 4.69) is 208 Å². The summed E-state index contributed by atoms with van der Waals surface area (Å²) in [5, 5.41) is 11.3. The summed E-state index contributed by atoms with van der Waals surface area (Å²) in [6.07, 6.45) is 0.0839. The fourth-order valence-corrected chi connectivity index (χ4v) is 21.9. The molecule has 0 spiro atoms. The zero-order chi connectivity index (χ0) is 84.1. The van der Waals surface area contributed by atoms with Gasteiger partial charge < -0.3 is 99.8 Å². The lowest BCUT2D eigenvalue weighted by Gasteiger charge is -2.53. The van der Waals surface area contributed by atoms with E-state index in [1.54, 1.807) is 14.2 Å². The van der Waals surface area contributed by atoms with Crippen LogP contribution in [0.25, 0.3) is 0 Å². The van der Waals surface area contributed by atoms with Gasteiger partial charge in [0.2, 0.25) is 0 Å². The SMILES string of the molecule is CCC1O[C@H](OC2[C@@H](OC3[C@@H](OC4[C@@H](O[C@@H]5C(C)[C@@H](OC)OC(CC)[C@H]5C)OC(CC)[C@@H](C)[C@@H]4C)OC(CC)[C@@H](C)[C@@H]3C)OC(CC)[C@@H](C)[C@@H]2C)C(C)[C@@H](C)[C@@H]1C.CCC1O[C@H](OC2[C@@H](O[C@@H]3C(C)[C@@H](OC)OC(CC)[C@H]3C)OC(CC)[C@@H](C)[C@@H]2C)C(O[C@H]2OC(CC)[C@@H](C)[C@H](C)C2O[C@H]2OC(CC)[C@@H](C)[C@H](O)C2C)[C@@H](C)[C@@H]1C. The van der Waals surface area contributed by atoms with Crippen molar-refractivity contribution in [3.05, 3.63) is 0 Å². The maximum Gasteiger partial charge on any atom is 0.185 e. The summed E-state index contributed by atoms with van der Waals surface area (Å²) in [7, 11) is 3.42. The molecule has 1 N–H and O–H groups in total. The van der Waals surface area contributed by atoms with E-state index in [-0.39, 0.29) is 205 Å². The molecule has 0 aliphatic carbocycles. The largest absolute Gasteiger partial charge is 0.392 e. The minimum absolute atomic E-state index is 0.00471. The molecule has 0 radical (unpaired) electrons. The van der Waals surface area contributed by atoms with Gasteiger partial charge in [-0.1, -0.05) is 215 Å². The summed E-state index contributed by atoms with van der Waals surface area (Å²) in [6, 6.07) is 0. The third-order valence-corrected chi connectivity index (χ3v) is 32.0. The van der Waals surface area contributed by atoms with Gasteiger partial charge in [0.1, 0.15) is 36.6 Å². The minimum atomic E-state index is -0.704. The number of aliphatic hydroxyl groups excluding tert-OH is 1. The third-order valence-electron chi connectivity index (χ3n) is 32.0. The van der Waals surface area contributed by atoms with Gasteiger partial charge >= 0.3 is 0 Å². The number of ether oxygens (including phenoxy) is 20. The van der Waals surface area contributed by atoms with Crippen molar-refractivity contribution in [2.45, 2.75) is 458 Å². The van der Waals surface area contributed by atoms with Crippen LogP contribution in [0.3, 0.4) is 0 Å². The summed E-state index contributed by atoms with van der Waals surface area (Å²) >= 11 is 0. The molecule has 0 bridgehead atoms. The number of methoxy groups -OCH3 is 2. The molecule has 10 aliphatic rings. The normalized spacial score (nSPS) is 52.5. The summed E-state index contributed by atoms with van der Waals surface area (Å²) < 4.78 is 137. The molecule has 0 aromatic rings. The predicted molar refractivity (Wildman–Crippen MR) is 441 cm³/mol. The highest BCUT2D eigenvalue weighted by atomic mass is 16.8. The lowest BCUT2D eigenvalue weighted by Crippen LogP contribution is -2.61. The first kappa shape index (κ1) is 97.0. The van der Waals surface area contributed by atoms with Gasteiger partial charge in [0.25, 0.3) is 0 Å². The van der Waals surface area contributed by atoms with Gasteiger partial charge in [-0.3, -0.25) is 0 Å². The van der Waals surface area contributed by atoms with E-state index < -0.39 is 80.7 Å². The Morgan fingerprint density at radius 1 is 0.167 bits per heavy atom. The number of hydrogen-bond donors (Lipinski definition) is 1. The first-order valence-corrected chi connectivity index (χ1v) is 46.6. The van der Waals surface area contributed by atoms with Crippen molar-refractivity contribution in [1.29, 1.82) is 0 Å². The summed E-state index contributed by atoms with van der Waals surface area (Å²) in [5.74, 6) is 3.42. The molecule has 10 heterocycles. The van der Waals surface area contributed by atoms with Crippen LogP contribution in [0.1, 0.15) is 279 Å². The average Bonchev–Trinajstić information content (AvgIpc) is 0.721. The standard InChI is InChI=1S/C47H86O10.C46H84O11/c1-18-34-24(7)23(6)31(14)44(50-34)55-40-28(11)25(8)36(20-3)52-46(40)57-42-30(13)27(10)37(21-4)53-47(42)56-41-29(12)26(9)35(19-2)51-45(41)54-39-32(15)38(22-5)49-43(48-17)33(39)16;1-17-32-23(7)26(10)40(44(51-32)54-38-29(13)36(21-5)49-42(48-16)31(38)15)56-46-41(27(11)24(8)34(19-3)53-46)57-45-39(25(9)22(6)33(18-2)52-45)55-43-30(14)37(47)28(12)35(20-4)50-43/h23-47H,18-22H2,1-17H3;22-47H,17-21H2,1-16H3/t23-,24-,25-,26-,27-,28-,29-,30-,31?,32+,33?,34?,35?,36?,37?,38?,39-,40?,41?,42?,43-,44+,45+,46+,47+;22-,23-,24-,25-,26-,27-,28+,29+,30?,31?,32?,33?,34?,35?,36?,37-,38-,39?,40?,41?,42-,43+,44+,45+,46+/m00/s1. The highest BCUT2D eigenvalue weighted by Crippen LogP contribution is 2.50. The fourth-order valence-electron chi connectivity index (χ4n) is 21.9. The monoisotopic (exact) mass is 1620 g/mol. The molecule has 10 fully saturated rings. The second-order valence-corrected chi connectivity index (χ2v) is 38.3. The van der Waals surface area contributed by atoms with E-state index in [4.69, 9.17) is 94.7 Å². The van der Waals surface area contributed by atoms with Gasteiger partial charge in [-0.2, -0.15) is 0 Å². The van der Waals surface area contributed by atoms with Crippen LogP contribution in [-0.2, 0) is 94.7 Å². The zero-order valence-corrected chi connectivity index (χ0v) is 77.6. The van der Waals surface area contributed by atoms with Crippen LogP contribution in [0, 0.1) is 124 Å². The number of rotatable bonds is 28. The van der Waals surface area contributed by atoms with E-state index in [1.807, 2.05) is 6.92 Å². The van der Waals surface area contributed by atoms with Crippen LogP contribution in [0.4, 0.5) is 0 Å². The molecule has 50 atom stereocenters. The lowest BCUT2D eigenvalue weighted by atomic mass is 9.78. The van der Waals surface area contributed by atoms with E-state index >= 15 is 0 Å². The van der Waals surface area contributed by atoms with Crippen LogP contribution in [0.2, 0.25) is 0 Å². The molecule has 21 nitrogen and oxygen atoms in total. The second kappa shape index (κ2) is 43.2. The van der Waals surface area contributed by atoms with Crippen LogP contribution in [0.15, 0.2) is 0 Å². The molecule has 0 aromatic carbocycles. The molecule has 10 rings (SSSR count). The van der Waals surface area contributed by atoms with Gasteiger partial charge in [-0.15, -0.1) is 0 Å². The van der Waals surface area contributed by atoms with Gasteiger partial charge in [-0.25, -0.2) is 0 Å². The van der Waals surface area contributed by atoms with Crippen molar-refractivity contribution in [2.75, 3.05) is 14.2 Å². The number of aliphatic hydroxyl groups is 1. The van der Waals surface area contributed by atoms with Gasteiger partial charge in [-0.05, 0) is 147 Å². The van der Waals surface area contributed by atoms with Crippen molar-refractivity contribution >= 4 is 0 Å². The summed E-state index contributed by atoms with van der Waals surface area (Å²) in [4.78, 5) is 0. The second-order valence-electron chi connectivity index (χ2n) is 38.3. The Bertz CT molecular complexity index is 2560. The Labute approximate surface area is 692 Å². The van der Waals surface area contributed by atoms with Crippen LogP contribution < -0.4 is 0 Å². The van der Waals surface area contributed by atoms with Crippen LogP contribution in [-0.4, -0.2) is 198 Å². The first-order valence-electron chi connectivity index (χ1n) is 46.6. The molecular formula is C93H170O21. The quantitative estimate of drug-likeness (QED) is 0.0773. The van der Waals surface area contributed by atoms with Crippen molar-refractivity contribution in [3.8, 4) is 0 Å². The maximum atomic E-state index is 11.3. The van der Waals surface area contributed by atoms with Crippen LogP contribution >= 0.6 is 0 Å². The van der Waals surface area contributed by atoms with Gasteiger partial charge in [0.05, 0.1) is 79.4 Å². The molecule has 20 unspecified atom stereocenters. The molecule has 10 aliphatic heterocycles. The molecule has 668 valence electrons. The topological polar surface area (TPSA) is 205 Å².